The van der Waals surface area contributed by atoms with Crippen LogP contribution in [0, 0.1) is 5.41 Å². The molecule has 0 radical (unpaired) electrons. The highest BCUT2D eigenvalue weighted by Crippen LogP contribution is 2.50. The van der Waals surface area contributed by atoms with E-state index in [0.717, 1.165) is 11.3 Å². The molecule has 0 bridgehead atoms. The van der Waals surface area contributed by atoms with Gasteiger partial charge in [-0.1, -0.05) is 37.6 Å². The first kappa shape index (κ1) is 19.7. The fraction of sp³-hybridized carbons (Fsp3) is 0.409. The second-order valence-corrected chi connectivity index (χ2v) is 8.88. The summed E-state index contributed by atoms with van der Waals surface area (Å²) in [6.45, 7) is 5.06. The molecule has 7 heteroatoms. The number of halogens is 1. The summed E-state index contributed by atoms with van der Waals surface area (Å²) in [6, 6.07) is 7.04. The number of Topliss-reactive ketones (excluding diaryl/α,β-unsaturated/α-hetero) is 1. The number of hydrogen-bond donors (Lipinski definition) is 1. The number of nitrogens with one attached hydrogen (secondary N) is 1. The maximum absolute atomic E-state index is 13.3. The third-order valence-corrected chi connectivity index (χ3v) is 6.02. The minimum absolute atomic E-state index is 0.00244. The van der Waals surface area contributed by atoms with Crippen LogP contribution in [0.4, 0.5) is 0 Å². The largest absolute Gasteiger partial charge is 0.466 e. The Morgan fingerprint density at radius 1 is 1.21 bits per heavy atom. The van der Waals surface area contributed by atoms with Gasteiger partial charge in [-0.3, -0.25) is 9.59 Å². The number of carbonyl (C=O) groups excluding carboxylic acids is 3. The highest BCUT2D eigenvalue weighted by atomic mass is 35.5. The van der Waals surface area contributed by atoms with Crippen molar-refractivity contribution >= 4 is 29.3 Å². The van der Waals surface area contributed by atoms with E-state index in [9.17, 15) is 14.4 Å². The summed E-state index contributed by atoms with van der Waals surface area (Å²) in [5.74, 6) is -1.58. The van der Waals surface area contributed by atoms with Crippen molar-refractivity contribution in [3.63, 3.8) is 0 Å². The van der Waals surface area contributed by atoms with Crippen molar-refractivity contribution in [3.05, 3.63) is 57.4 Å². The molecule has 0 saturated carbocycles. The zero-order valence-corrected chi connectivity index (χ0v) is 17.4. The van der Waals surface area contributed by atoms with E-state index in [2.05, 4.69) is 19.2 Å². The number of benzene rings is 1. The van der Waals surface area contributed by atoms with E-state index in [0.29, 0.717) is 36.5 Å². The van der Waals surface area contributed by atoms with Crippen LogP contribution in [0.3, 0.4) is 0 Å². The number of piperazine rings is 1. The lowest BCUT2D eigenvalue weighted by molar-refractivity contribution is -0.137. The number of rotatable bonds is 2. The van der Waals surface area contributed by atoms with Gasteiger partial charge in [0.05, 0.1) is 12.7 Å². The molecule has 1 saturated heterocycles. The van der Waals surface area contributed by atoms with Crippen molar-refractivity contribution in [2.75, 3.05) is 20.2 Å². The number of methoxy groups -OCH3 is 1. The Kier molecular flexibility index (Phi) is 4.77. The smallest absolute Gasteiger partial charge is 0.337 e. The number of allylic oxidation sites excluding steroid dienone is 2. The third-order valence-electron chi connectivity index (χ3n) is 5.77. The molecule has 0 spiro atoms. The molecular weight excluding hydrogens is 392 g/mol. The highest BCUT2D eigenvalue weighted by Gasteiger charge is 2.48. The number of carbonyl (C=O) groups is 3. The predicted octanol–water partition coefficient (Wildman–Crippen LogP) is 2.94. The van der Waals surface area contributed by atoms with Crippen LogP contribution in [-0.2, 0) is 19.1 Å². The average molecular weight is 415 g/mol. The van der Waals surface area contributed by atoms with E-state index in [1.54, 1.807) is 24.3 Å². The molecule has 0 unspecified atom stereocenters. The Morgan fingerprint density at radius 2 is 1.90 bits per heavy atom. The second kappa shape index (κ2) is 7.02. The monoisotopic (exact) mass is 414 g/mol. The molecule has 1 atom stereocenters. The maximum atomic E-state index is 13.3. The van der Waals surface area contributed by atoms with Crippen LogP contribution < -0.4 is 5.32 Å². The molecule has 1 amide bonds. The van der Waals surface area contributed by atoms with Crippen molar-refractivity contribution in [1.82, 2.24) is 10.2 Å². The number of nitrogens with zero attached hydrogens (tertiary/aromatic N) is 1. The number of esters is 1. The molecule has 6 nitrogen and oxygen atoms in total. The SMILES string of the molecule is COC(=O)C1=C2C(=O)NCCN2C2=C(C(=O)CC(C)(C)C2)[C@@H]1c1ccc(Cl)cc1. The number of amides is 1. The van der Waals surface area contributed by atoms with Crippen molar-refractivity contribution in [1.29, 1.82) is 0 Å². The van der Waals surface area contributed by atoms with Gasteiger partial charge in [-0.25, -0.2) is 4.79 Å². The molecule has 3 aliphatic rings. The van der Waals surface area contributed by atoms with E-state index in [4.69, 9.17) is 16.3 Å². The van der Waals surface area contributed by atoms with E-state index < -0.39 is 11.9 Å². The summed E-state index contributed by atoms with van der Waals surface area (Å²) in [5, 5.41) is 3.38. The van der Waals surface area contributed by atoms with Crippen molar-refractivity contribution < 1.29 is 19.1 Å². The summed E-state index contributed by atoms with van der Waals surface area (Å²) in [5.41, 5.74) is 2.43. The van der Waals surface area contributed by atoms with Crippen molar-refractivity contribution in [3.8, 4) is 0 Å². The second-order valence-electron chi connectivity index (χ2n) is 8.45. The Labute approximate surface area is 174 Å². The van der Waals surface area contributed by atoms with Gasteiger partial charge in [0.25, 0.3) is 5.91 Å². The van der Waals surface area contributed by atoms with Gasteiger partial charge in [0.1, 0.15) is 5.70 Å². The molecule has 1 aromatic carbocycles. The van der Waals surface area contributed by atoms with Gasteiger partial charge in [-0.2, -0.15) is 0 Å². The van der Waals surface area contributed by atoms with Crippen LogP contribution in [0.1, 0.15) is 38.2 Å². The molecule has 1 aromatic rings. The van der Waals surface area contributed by atoms with Gasteiger partial charge >= 0.3 is 5.97 Å². The molecule has 1 aliphatic carbocycles. The fourth-order valence-corrected chi connectivity index (χ4v) is 4.73. The molecule has 29 heavy (non-hydrogen) atoms. The lowest BCUT2D eigenvalue weighted by atomic mass is 9.68. The van der Waals surface area contributed by atoms with Crippen LogP contribution >= 0.6 is 11.6 Å². The summed E-state index contributed by atoms with van der Waals surface area (Å²) < 4.78 is 5.05. The number of fused-ring (bicyclic) bond motifs is 2. The van der Waals surface area contributed by atoms with E-state index in [-0.39, 0.29) is 28.4 Å². The van der Waals surface area contributed by atoms with Gasteiger partial charge in [-0.15, -0.1) is 0 Å². The van der Waals surface area contributed by atoms with E-state index >= 15 is 0 Å². The van der Waals surface area contributed by atoms with Gasteiger partial charge < -0.3 is 15.0 Å². The lowest BCUT2D eigenvalue weighted by Crippen LogP contribution is -2.51. The minimum atomic E-state index is -0.659. The van der Waals surface area contributed by atoms with Crippen molar-refractivity contribution in [2.24, 2.45) is 5.41 Å². The standard InChI is InChI=1S/C22H23ClN2O4/c1-22(2)10-14-17(15(26)11-22)16(12-4-6-13(23)7-5-12)18(21(28)29-3)19-20(27)24-8-9-25(14)19/h4-7,16H,8-11H2,1-3H3,(H,24,27)/t16-/m0/s1. The molecule has 1 N–H and O–H groups in total. The third kappa shape index (κ3) is 3.25. The number of hydrogen-bond acceptors (Lipinski definition) is 5. The number of ketones is 1. The summed E-state index contributed by atoms with van der Waals surface area (Å²) >= 11 is 6.06. The zero-order valence-electron chi connectivity index (χ0n) is 16.7. The van der Waals surface area contributed by atoms with E-state index in [1.807, 2.05) is 4.90 Å². The molecule has 0 aromatic heterocycles. The Hall–Kier alpha value is -2.60. The minimum Gasteiger partial charge on any atom is -0.466 e. The van der Waals surface area contributed by atoms with Gasteiger partial charge in [0, 0.05) is 41.7 Å². The Balaban J connectivity index is 2.01. The van der Waals surface area contributed by atoms with E-state index in [1.165, 1.54) is 7.11 Å². The molecule has 4 rings (SSSR count). The number of ether oxygens (including phenoxy) is 1. The summed E-state index contributed by atoms with van der Waals surface area (Å²) in [6.07, 6.45) is 1.04. The predicted molar refractivity (Wildman–Crippen MR) is 108 cm³/mol. The van der Waals surface area contributed by atoms with Crippen LogP contribution in [0.5, 0.6) is 0 Å². The highest BCUT2D eigenvalue weighted by molar-refractivity contribution is 6.30. The molecular formula is C22H23ClN2O4. The van der Waals surface area contributed by atoms with Crippen LogP contribution in [-0.4, -0.2) is 42.8 Å². The Morgan fingerprint density at radius 3 is 2.55 bits per heavy atom. The Bertz CT molecular complexity index is 975. The van der Waals surface area contributed by atoms with Crippen LogP contribution in [0.25, 0.3) is 0 Å². The first-order chi connectivity index (χ1) is 13.7. The van der Waals surface area contributed by atoms with Crippen molar-refractivity contribution in [2.45, 2.75) is 32.6 Å². The summed E-state index contributed by atoms with van der Waals surface area (Å²) in [7, 11) is 1.29. The zero-order chi connectivity index (χ0) is 20.9. The van der Waals surface area contributed by atoms with Gasteiger partial charge in [0.15, 0.2) is 5.78 Å². The first-order valence-electron chi connectivity index (χ1n) is 9.63. The maximum Gasteiger partial charge on any atom is 0.337 e. The topological polar surface area (TPSA) is 75.7 Å². The molecule has 2 heterocycles. The van der Waals surface area contributed by atoms with Gasteiger partial charge in [0.2, 0.25) is 0 Å². The van der Waals surface area contributed by atoms with Crippen LogP contribution in [0.15, 0.2) is 46.8 Å². The molecule has 1 fully saturated rings. The lowest BCUT2D eigenvalue weighted by Gasteiger charge is -2.46. The first-order valence-corrected chi connectivity index (χ1v) is 10.0. The van der Waals surface area contributed by atoms with Gasteiger partial charge in [-0.05, 0) is 29.5 Å². The van der Waals surface area contributed by atoms with Crippen LogP contribution in [0.2, 0.25) is 5.02 Å². The average Bonchev–Trinajstić information content (AvgIpc) is 2.67. The molecule has 2 aliphatic heterocycles. The quantitative estimate of drug-likeness (QED) is 0.753. The molecule has 152 valence electrons. The normalized spacial score (nSPS) is 23.4. The summed E-state index contributed by atoms with van der Waals surface area (Å²) in [4.78, 5) is 40.9. The fourth-order valence-electron chi connectivity index (χ4n) is 4.60.